The number of hydrogen-bond acceptors (Lipinski definition) is 3. The first-order chi connectivity index (χ1) is 13.5. The lowest BCUT2D eigenvalue weighted by molar-refractivity contribution is -0.138. The predicted molar refractivity (Wildman–Crippen MR) is 108 cm³/mol. The van der Waals surface area contributed by atoms with E-state index in [1.54, 1.807) is 21.7 Å². The number of carbonyl (C=O) groups is 2. The van der Waals surface area contributed by atoms with Gasteiger partial charge in [-0.1, -0.05) is 29.8 Å². The molecule has 7 heteroatoms. The van der Waals surface area contributed by atoms with E-state index in [4.69, 9.17) is 11.6 Å². The van der Waals surface area contributed by atoms with E-state index in [1.165, 1.54) is 0 Å². The minimum absolute atomic E-state index is 0.0681. The molecule has 2 aliphatic rings. The maximum atomic E-state index is 12.6. The molecule has 146 valence electrons. The zero-order valence-corrected chi connectivity index (χ0v) is 16.6. The van der Waals surface area contributed by atoms with E-state index in [9.17, 15) is 9.59 Å². The van der Waals surface area contributed by atoms with Crippen molar-refractivity contribution in [3.05, 3.63) is 52.8 Å². The lowest BCUT2D eigenvalue weighted by Crippen LogP contribution is -2.50. The minimum Gasteiger partial charge on any atom is -0.339 e. The van der Waals surface area contributed by atoms with Crippen LogP contribution < -0.4 is 0 Å². The number of rotatable bonds is 4. The van der Waals surface area contributed by atoms with E-state index >= 15 is 0 Å². The fraction of sp³-hybridized carbons (Fsp3) is 0.381. The first-order valence-electron chi connectivity index (χ1n) is 9.61. The number of nitrogens with zero attached hydrogens (tertiary/aromatic N) is 4. The molecule has 0 N–H and O–H groups in total. The van der Waals surface area contributed by atoms with Gasteiger partial charge < -0.3 is 9.80 Å². The topological polar surface area (TPSA) is 58.4 Å². The van der Waals surface area contributed by atoms with Crippen molar-refractivity contribution in [1.82, 2.24) is 19.6 Å². The van der Waals surface area contributed by atoms with E-state index in [-0.39, 0.29) is 17.7 Å². The molecule has 0 unspecified atom stereocenters. The van der Waals surface area contributed by atoms with Gasteiger partial charge >= 0.3 is 0 Å². The Hall–Kier alpha value is -2.60. The molecule has 1 aliphatic carbocycles. The van der Waals surface area contributed by atoms with E-state index in [2.05, 4.69) is 5.10 Å². The fourth-order valence-electron chi connectivity index (χ4n) is 3.44. The summed E-state index contributed by atoms with van der Waals surface area (Å²) in [7, 11) is 0. The predicted octanol–water partition coefficient (Wildman–Crippen LogP) is 2.93. The highest BCUT2D eigenvalue weighted by molar-refractivity contribution is 6.31. The van der Waals surface area contributed by atoms with Gasteiger partial charge in [0.25, 0.3) is 0 Å². The van der Waals surface area contributed by atoms with Crippen molar-refractivity contribution in [3.63, 3.8) is 0 Å². The Morgan fingerprint density at radius 2 is 1.71 bits per heavy atom. The lowest BCUT2D eigenvalue weighted by Gasteiger charge is -2.34. The van der Waals surface area contributed by atoms with Crippen LogP contribution in [0.1, 0.15) is 24.1 Å². The normalized spacial score (nSPS) is 17.4. The van der Waals surface area contributed by atoms with Crippen LogP contribution >= 0.6 is 11.6 Å². The number of carbonyl (C=O) groups excluding carboxylic acids is 2. The molecule has 6 nitrogen and oxygen atoms in total. The van der Waals surface area contributed by atoms with Crippen LogP contribution in [0.3, 0.4) is 0 Å². The van der Waals surface area contributed by atoms with Crippen molar-refractivity contribution in [2.45, 2.75) is 19.8 Å². The molecular weight excluding hydrogens is 376 g/mol. The van der Waals surface area contributed by atoms with E-state index in [1.807, 2.05) is 42.2 Å². The van der Waals surface area contributed by atoms with Gasteiger partial charge in [-0.3, -0.25) is 9.59 Å². The smallest absolute Gasteiger partial charge is 0.246 e. The average Bonchev–Trinajstić information content (AvgIpc) is 3.53. The summed E-state index contributed by atoms with van der Waals surface area (Å²) in [5.41, 5.74) is 2.37. The monoisotopic (exact) mass is 398 g/mol. The second kappa shape index (κ2) is 7.80. The molecule has 2 aromatic rings. The molecule has 2 amide bonds. The van der Waals surface area contributed by atoms with Gasteiger partial charge in [-0.2, -0.15) is 5.10 Å². The first kappa shape index (κ1) is 18.7. The molecule has 1 aromatic heterocycles. The Kier molecular flexibility index (Phi) is 5.22. The molecule has 0 spiro atoms. The summed E-state index contributed by atoms with van der Waals surface area (Å²) in [6.07, 6.45) is 5.30. The van der Waals surface area contributed by atoms with E-state index in [0.717, 1.165) is 29.8 Å². The fourth-order valence-corrected chi connectivity index (χ4v) is 3.77. The van der Waals surface area contributed by atoms with Crippen molar-refractivity contribution in [2.75, 3.05) is 26.2 Å². The van der Waals surface area contributed by atoms with Crippen molar-refractivity contribution in [3.8, 4) is 5.69 Å². The van der Waals surface area contributed by atoms with Gasteiger partial charge in [-0.05, 0) is 38.0 Å². The molecule has 28 heavy (non-hydrogen) atoms. The third-order valence-electron chi connectivity index (χ3n) is 5.27. The molecule has 1 aliphatic heterocycles. The van der Waals surface area contributed by atoms with Gasteiger partial charge in [0.15, 0.2) is 0 Å². The van der Waals surface area contributed by atoms with Crippen LogP contribution in [-0.4, -0.2) is 57.6 Å². The maximum Gasteiger partial charge on any atom is 0.246 e. The number of hydrogen-bond donors (Lipinski definition) is 0. The molecule has 1 saturated heterocycles. The maximum absolute atomic E-state index is 12.6. The Morgan fingerprint density at radius 1 is 1.07 bits per heavy atom. The zero-order chi connectivity index (χ0) is 19.7. The third-order valence-corrected chi connectivity index (χ3v) is 5.63. The third kappa shape index (κ3) is 3.83. The lowest BCUT2D eigenvalue weighted by atomic mass is 10.2. The SMILES string of the molecule is Cc1nn(-c2ccccc2)c(Cl)c1C=CC(=O)N1CCN(C(=O)C2CC2)CC1. The van der Waals surface area contributed by atoms with Crippen molar-refractivity contribution < 1.29 is 9.59 Å². The number of halogens is 1. The summed E-state index contributed by atoms with van der Waals surface area (Å²) in [6, 6.07) is 9.65. The second-order valence-electron chi connectivity index (χ2n) is 7.30. The number of aryl methyl sites for hydroxylation is 1. The van der Waals surface area contributed by atoms with E-state index in [0.29, 0.717) is 31.3 Å². The molecule has 2 heterocycles. The van der Waals surface area contributed by atoms with Gasteiger partial charge in [0.1, 0.15) is 5.15 Å². The highest BCUT2D eigenvalue weighted by atomic mass is 35.5. The number of piperazine rings is 1. The van der Waals surface area contributed by atoms with Crippen molar-refractivity contribution in [2.24, 2.45) is 5.92 Å². The number of para-hydroxylation sites is 1. The minimum atomic E-state index is -0.0681. The van der Waals surface area contributed by atoms with Crippen LogP contribution in [0.25, 0.3) is 11.8 Å². The second-order valence-corrected chi connectivity index (χ2v) is 7.65. The molecule has 4 rings (SSSR count). The molecule has 0 atom stereocenters. The highest BCUT2D eigenvalue weighted by Gasteiger charge is 2.34. The highest BCUT2D eigenvalue weighted by Crippen LogP contribution is 2.31. The standard InChI is InChI=1S/C21H23ClN4O2/c1-15-18(20(22)26(23-15)17-5-3-2-4-6-17)9-10-19(27)24-11-13-25(14-12-24)21(28)16-7-8-16/h2-6,9-10,16H,7-8,11-14H2,1H3. The summed E-state index contributed by atoms with van der Waals surface area (Å²) in [4.78, 5) is 28.3. The summed E-state index contributed by atoms with van der Waals surface area (Å²) < 4.78 is 1.67. The van der Waals surface area contributed by atoms with E-state index < -0.39 is 0 Å². The molecule has 1 aromatic carbocycles. The van der Waals surface area contributed by atoms with Crippen LogP contribution in [0, 0.1) is 12.8 Å². The van der Waals surface area contributed by atoms with Crippen LogP contribution in [0.15, 0.2) is 36.4 Å². The number of amides is 2. The summed E-state index contributed by atoms with van der Waals surface area (Å²) in [5.74, 6) is 0.410. The Bertz CT molecular complexity index is 910. The quantitative estimate of drug-likeness (QED) is 0.744. The average molecular weight is 399 g/mol. The summed E-state index contributed by atoms with van der Waals surface area (Å²) in [5, 5.41) is 4.97. The molecule has 1 saturated carbocycles. The molecule has 0 bridgehead atoms. The van der Waals surface area contributed by atoms with Crippen molar-refractivity contribution in [1.29, 1.82) is 0 Å². The Morgan fingerprint density at radius 3 is 2.36 bits per heavy atom. The van der Waals surface area contributed by atoms with Crippen LogP contribution in [0.4, 0.5) is 0 Å². The van der Waals surface area contributed by atoms with Gasteiger partial charge in [0.2, 0.25) is 11.8 Å². The summed E-state index contributed by atoms with van der Waals surface area (Å²) in [6.45, 7) is 4.23. The van der Waals surface area contributed by atoms with Gasteiger partial charge in [0.05, 0.1) is 11.4 Å². The van der Waals surface area contributed by atoms with Crippen molar-refractivity contribution >= 4 is 29.5 Å². The van der Waals surface area contributed by atoms with Crippen LogP contribution in [0.2, 0.25) is 5.15 Å². The Labute approximate surface area is 169 Å². The molecule has 2 fully saturated rings. The Balaban J connectivity index is 1.41. The summed E-state index contributed by atoms with van der Waals surface area (Å²) >= 11 is 6.50. The zero-order valence-electron chi connectivity index (χ0n) is 15.8. The van der Waals surface area contributed by atoms with Gasteiger partial charge in [-0.15, -0.1) is 0 Å². The molecule has 0 radical (unpaired) electrons. The molecular formula is C21H23ClN4O2. The van der Waals surface area contributed by atoms with Crippen LogP contribution in [-0.2, 0) is 9.59 Å². The van der Waals surface area contributed by atoms with Crippen LogP contribution in [0.5, 0.6) is 0 Å². The van der Waals surface area contributed by atoms with Gasteiger partial charge in [0, 0.05) is 43.7 Å². The number of benzene rings is 1. The largest absolute Gasteiger partial charge is 0.339 e. The first-order valence-corrected chi connectivity index (χ1v) is 9.98. The van der Waals surface area contributed by atoms with Gasteiger partial charge in [-0.25, -0.2) is 4.68 Å². The number of aromatic nitrogens is 2.